The molecule has 8 nitrogen and oxygen atoms in total. The molecule has 0 unspecified atom stereocenters. The number of ether oxygens (including phenoxy) is 1. The molecule has 1 aromatic carbocycles. The van der Waals surface area contributed by atoms with E-state index in [4.69, 9.17) is 4.74 Å². The number of likely N-dealkylation sites (N-methyl/N-ethyl adjacent to an activating group) is 1. The van der Waals surface area contributed by atoms with Crippen molar-refractivity contribution in [2.75, 3.05) is 27.7 Å². The molecule has 0 radical (unpaired) electrons. The summed E-state index contributed by atoms with van der Waals surface area (Å²) in [5.41, 5.74) is 1.77. The molecule has 0 aliphatic rings. The average molecular weight is 362 g/mol. The van der Waals surface area contributed by atoms with Crippen molar-refractivity contribution in [2.24, 2.45) is 0 Å². The fraction of sp³-hybridized carbons (Fsp3) is 0.389. The van der Waals surface area contributed by atoms with E-state index in [0.717, 1.165) is 29.4 Å². The lowest BCUT2D eigenvalue weighted by atomic mass is 10.1. The van der Waals surface area contributed by atoms with E-state index in [1.807, 2.05) is 26.2 Å². The Kier molecular flexibility index (Phi) is 6.74. The van der Waals surface area contributed by atoms with Crippen LogP contribution < -0.4 is 4.74 Å². The van der Waals surface area contributed by atoms with Crippen LogP contribution in [0, 0.1) is 0 Å². The van der Waals surface area contributed by atoms with E-state index in [1.165, 1.54) is 4.57 Å². The fourth-order valence-corrected chi connectivity index (χ4v) is 2.60. The van der Waals surface area contributed by atoms with Gasteiger partial charge in [-0.15, -0.1) is 0 Å². The van der Waals surface area contributed by atoms with Crippen molar-refractivity contribution in [1.82, 2.24) is 9.47 Å². The smallest absolute Gasteiger partial charge is 0.356 e. The summed E-state index contributed by atoms with van der Waals surface area (Å²) in [6.45, 7) is 0.837. The molecular formula is C18H22N2O6. The van der Waals surface area contributed by atoms with Crippen molar-refractivity contribution >= 4 is 29.3 Å². The van der Waals surface area contributed by atoms with Crippen molar-refractivity contribution in [3.63, 3.8) is 0 Å². The van der Waals surface area contributed by atoms with Crippen LogP contribution in [-0.4, -0.2) is 55.6 Å². The maximum atomic E-state index is 12.5. The first-order valence-corrected chi connectivity index (χ1v) is 8.12. The van der Waals surface area contributed by atoms with Crippen molar-refractivity contribution in [1.29, 1.82) is 0 Å². The molecular weight excluding hydrogens is 340 g/mol. The molecule has 140 valence electrons. The van der Waals surface area contributed by atoms with Crippen LogP contribution in [0.5, 0.6) is 5.75 Å². The number of fused-ring (bicyclic) bond motifs is 1. The molecule has 1 heterocycles. The minimum absolute atomic E-state index is 0.00356. The van der Waals surface area contributed by atoms with Crippen LogP contribution in [0.4, 0.5) is 0 Å². The first-order valence-electron chi connectivity index (χ1n) is 8.12. The molecule has 0 saturated heterocycles. The maximum absolute atomic E-state index is 12.5. The number of carbonyl (C=O) groups excluding carboxylic acids is 3. The number of rotatable bonds is 9. The van der Waals surface area contributed by atoms with Gasteiger partial charge in [-0.05, 0) is 44.3 Å². The number of carbonyl (C=O) groups is 3. The summed E-state index contributed by atoms with van der Waals surface area (Å²) in [6, 6.07) is 5.50. The Balaban J connectivity index is 2.24. The lowest BCUT2D eigenvalue weighted by Crippen LogP contribution is -2.15. The monoisotopic (exact) mass is 362 g/mol. The van der Waals surface area contributed by atoms with Gasteiger partial charge in [-0.2, -0.15) is 0 Å². The number of aromatic nitrogens is 1. The van der Waals surface area contributed by atoms with Gasteiger partial charge in [0.15, 0.2) is 0 Å². The molecule has 0 amide bonds. The van der Waals surface area contributed by atoms with Crippen LogP contribution in [0.3, 0.4) is 0 Å². The van der Waals surface area contributed by atoms with Gasteiger partial charge in [-0.1, -0.05) is 0 Å². The predicted molar refractivity (Wildman–Crippen MR) is 93.8 cm³/mol. The standard InChI is InChI=1S/C18H22N2O6/c1-19(2)9-8-13-11-20(16-5-4-14(24-3)10-15(13)16)17(22)6-7-18(23)26-25-12-21/h4-5,10-12H,6-9H2,1-3H3. The van der Waals surface area contributed by atoms with E-state index in [9.17, 15) is 14.4 Å². The minimum atomic E-state index is -0.781. The second kappa shape index (κ2) is 9.00. The summed E-state index contributed by atoms with van der Waals surface area (Å²) in [4.78, 5) is 44.1. The number of benzene rings is 1. The van der Waals surface area contributed by atoms with Crippen LogP contribution in [0.1, 0.15) is 23.2 Å². The molecule has 0 bridgehead atoms. The van der Waals surface area contributed by atoms with Crippen molar-refractivity contribution in [2.45, 2.75) is 19.3 Å². The Labute approximate surface area is 151 Å². The summed E-state index contributed by atoms with van der Waals surface area (Å²) in [5, 5.41) is 0.936. The highest BCUT2D eigenvalue weighted by molar-refractivity contribution is 5.96. The van der Waals surface area contributed by atoms with Crippen molar-refractivity contribution in [3.05, 3.63) is 30.0 Å². The van der Waals surface area contributed by atoms with Gasteiger partial charge in [-0.25, -0.2) is 9.68 Å². The minimum Gasteiger partial charge on any atom is -0.497 e. The lowest BCUT2D eigenvalue weighted by molar-refractivity contribution is -0.248. The summed E-state index contributed by atoms with van der Waals surface area (Å²) in [5.74, 6) is -0.320. The Morgan fingerprint density at radius 1 is 1.23 bits per heavy atom. The van der Waals surface area contributed by atoms with Gasteiger partial charge in [0.05, 0.1) is 19.0 Å². The van der Waals surface area contributed by atoms with Crippen LogP contribution >= 0.6 is 0 Å². The van der Waals surface area contributed by atoms with Gasteiger partial charge in [0.1, 0.15) is 5.75 Å². The van der Waals surface area contributed by atoms with E-state index >= 15 is 0 Å². The third kappa shape index (κ3) is 4.82. The van der Waals surface area contributed by atoms with Gasteiger partial charge in [0.2, 0.25) is 5.91 Å². The zero-order valence-electron chi connectivity index (χ0n) is 15.1. The number of hydrogen-bond acceptors (Lipinski definition) is 7. The quantitative estimate of drug-likeness (QED) is 0.382. The second-order valence-corrected chi connectivity index (χ2v) is 6.00. The van der Waals surface area contributed by atoms with Crippen LogP contribution in [0.25, 0.3) is 10.9 Å². The molecule has 2 aromatic rings. The highest BCUT2D eigenvalue weighted by Gasteiger charge is 2.16. The molecule has 2 rings (SSSR count). The van der Waals surface area contributed by atoms with E-state index in [2.05, 4.69) is 14.7 Å². The van der Waals surface area contributed by atoms with E-state index in [0.29, 0.717) is 5.75 Å². The molecule has 8 heteroatoms. The molecule has 26 heavy (non-hydrogen) atoms. The van der Waals surface area contributed by atoms with Gasteiger partial charge >= 0.3 is 12.4 Å². The van der Waals surface area contributed by atoms with Gasteiger partial charge in [0, 0.05) is 24.5 Å². The number of hydrogen-bond donors (Lipinski definition) is 0. The van der Waals surface area contributed by atoms with Crippen LogP contribution in [-0.2, 0) is 25.8 Å². The summed E-state index contributed by atoms with van der Waals surface area (Å²) >= 11 is 0. The van der Waals surface area contributed by atoms with Crippen LogP contribution in [0.2, 0.25) is 0 Å². The predicted octanol–water partition coefficient (Wildman–Crippen LogP) is 1.81. The third-order valence-electron chi connectivity index (χ3n) is 3.91. The molecule has 0 aliphatic heterocycles. The molecule has 1 aromatic heterocycles. The molecule has 0 fully saturated rings. The Bertz CT molecular complexity index is 796. The Hall–Kier alpha value is -2.87. The first kappa shape index (κ1) is 19.5. The van der Waals surface area contributed by atoms with E-state index in [-0.39, 0.29) is 25.2 Å². The van der Waals surface area contributed by atoms with E-state index < -0.39 is 5.97 Å². The van der Waals surface area contributed by atoms with Gasteiger partial charge < -0.3 is 9.64 Å². The van der Waals surface area contributed by atoms with E-state index in [1.54, 1.807) is 19.4 Å². The maximum Gasteiger partial charge on any atom is 0.356 e. The number of nitrogens with zero attached hydrogens (tertiary/aromatic N) is 2. The molecule has 0 N–H and O–H groups in total. The van der Waals surface area contributed by atoms with Gasteiger partial charge in [0.25, 0.3) is 0 Å². The van der Waals surface area contributed by atoms with Crippen LogP contribution in [0.15, 0.2) is 24.4 Å². The topological polar surface area (TPSA) is 87.1 Å². The van der Waals surface area contributed by atoms with Gasteiger partial charge in [-0.3, -0.25) is 19.0 Å². The van der Waals surface area contributed by atoms with Crippen molar-refractivity contribution < 1.29 is 28.9 Å². The highest BCUT2D eigenvalue weighted by Crippen LogP contribution is 2.27. The molecule has 0 saturated carbocycles. The summed E-state index contributed by atoms with van der Waals surface area (Å²) in [7, 11) is 5.56. The molecule has 0 aliphatic carbocycles. The number of methoxy groups -OCH3 is 1. The average Bonchev–Trinajstić information content (AvgIpc) is 3.00. The zero-order valence-corrected chi connectivity index (χ0v) is 15.1. The summed E-state index contributed by atoms with van der Waals surface area (Å²) in [6.07, 6.45) is 2.31. The Morgan fingerprint density at radius 3 is 2.65 bits per heavy atom. The first-order chi connectivity index (χ1) is 12.5. The third-order valence-corrected chi connectivity index (χ3v) is 3.91. The molecule has 0 atom stereocenters. The second-order valence-electron chi connectivity index (χ2n) is 6.00. The normalized spacial score (nSPS) is 10.8. The summed E-state index contributed by atoms with van der Waals surface area (Å²) < 4.78 is 6.82. The lowest BCUT2D eigenvalue weighted by Gasteiger charge is -2.08. The Morgan fingerprint density at radius 2 is 2.00 bits per heavy atom. The van der Waals surface area contributed by atoms with Crippen molar-refractivity contribution in [3.8, 4) is 5.75 Å². The SMILES string of the molecule is COc1ccc2c(c1)c(CCN(C)C)cn2C(=O)CCC(=O)OOC=O. The largest absolute Gasteiger partial charge is 0.497 e. The highest BCUT2D eigenvalue weighted by atomic mass is 17.2. The fourth-order valence-electron chi connectivity index (χ4n) is 2.60. The zero-order chi connectivity index (χ0) is 19.1. The molecule has 0 spiro atoms.